The van der Waals surface area contributed by atoms with Crippen LogP contribution in [0.3, 0.4) is 0 Å². The van der Waals surface area contributed by atoms with Crippen LogP contribution in [-0.2, 0) is 16.2 Å². The van der Waals surface area contributed by atoms with Gasteiger partial charge in [-0.2, -0.15) is 5.10 Å². The molecule has 4 heterocycles. The third-order valence-electron chi connectivity index (χ3n) is 12.4. The van der Waals surface area contributed by atoms with Crippen LogP contribution in [0.2, 0.25) is 0 Å². The van der Waals surface area contributed by atoms with Crippen LogP contribution < -0.4 is 4.90 Å². The highest BCUT2D eigenvalue weighted by Gasteiger charge is 2.38. The van der Waals surface area contributed by atoms with E-state index in [0.717, 1.165) is 62.0 Å². The molecule has 0 unspecified atom stereocenters. The van der Waals surface area contributed by atoms with Crippen LogP contribution in [-0.4, -0.2) is 19.3 Å². The molecule has 0 saturated carbocycles. The second-order valence-corrected chi connectivity index (χ2v) is 18.9. The minimum Gasteiger partial charge on any atom is -0.310 e. The maximum atomic E-state index is 5.55. The molecule has 6 aromatic carbocycles. The van der Waals surface area contributed by atoms with E-state index in [2.05, 4.69) is 227 Å². The molecule has 1 aliphatic rings. The van der Waals surface area contributed by atoms with Crippen molar-refractivity contribution in [2.24, 2.45) is 0 Å². The number of benzene rings is 6. The van der Waals surface area contributed by atoms with Crippen molar-refractivity contribution in [2.45, 2.75) is 71.6 Å². The summed E-state index contributed by atoms with van der Waals surface area (Å²) in [5.74, 6) is 0.921. The SMILES string of the molecule is CC(C)(C)c1ccnc(-n2c3ccccc3c3ccc(N4c5ccccc5C(C)(C)c5ccc(-n6nc(C(C)(C)C)c(-c7ccccc7)c6-c6ccccc6)cc54)cc32)c1. The number of aromatic nitrogens is 4. The van der Waals surface area contributed by atoms with Crippen LogP contribution >= 0.6 is 0 Å². The van der Waals surface area contributed by atoms with E-state index < -0.39 is 0 Å². The lowest BCUT2D eigenvalue weighted by atomic mass is 9.73. The molecule has 0 spiro atoms. The van der Waals surface area contributed by atoms with Gasteiger partial charge in [0.2, 0.25) is 0 Å². The number of rotatable bonds is 5. The Morgan fingerprint density at radius 3 is 1.88 bits per heavy atom. The zero-order valence-electron chi connectivity index (χ0n) is 35.8. The number of pyridine rings is 1. The van der Waals surface area contributed by atoms with E-state index in [1.165, 1.54) is 33.2 Å². The molecule has 10 rings (SSSR count). The van der Waals surface area contributed by atoms with Crippen molar-refractivity contribution >= 4 is 38.9 Å². The average molecular weight is 782 g/mol. The Morgan fingerprint density at radius 2 is 1.15 bits per heavy atom. The number of anilines is 3. The lowest BCUT2D eigenvalue weighted by Gasteiger charge is -2.42. The molecular formula is C55H51N5. The van der Waals surface area contributed by atoms with Gasteiger partial charge in [0.05, 0.1) is 39.5 Å². The summed E-state index contributed by atoms with van der Waals surface area (Å²) in [6.45, 7) is 18.3. The highest BCUT2D eigenvalue weighted by molar-refractivity contribution is 6.10. The third-order valence-corrected chi connectivity index (χ3v) is 12.4. The van der Waals surface area contributed by atoms with Gasteiger partial charge >= 0.3 is 0 Å². The number of para-hydroxylation sites is 2. The summed E-state index contributed by atoms with van der Waals surface area (Å²) in [5, 5.41) is 7.96. The molecule has 296 valence electrons. The number of fused-ring (bicyclic) bond motifs is 5. The summed E-state index contributed by atoms with van der Waals surface area (Å²) in [5.41, 5.74) is 15.6. The topological polar surface area (TPSA) is 38.9 Å². The quantitative estimate of drug-likeness (QED) is 0.175. The summed E-state index contributed by atoms with van der Waals surface area (Å²) < 4.78 is 4.54. The molecule has 60 heavy (non-hydrogen) atoms. The van der Waals surface area contributed by atoms with Crippen molar-refractivity contribution in [2.75, 3.05) is 4.90 Å². The summed E-state index contributed by atoms with van der Waals surface area (Å²) in [7, 11) is 0. The van der Waals surface area contributed by atoms with E-state index in [1.807, 2.05) is 6.20 Å². The third kappa shape index (κ3) is 5.98. The van der Waals surface area contributed by atoms with E-state index in [1.54, 1.807) is 0 Å². The molecule has 0 amide bonds. The normalized spacial score (nSPS) is 13.8. The van der Waals surface area contributed by atoms with E-state index in [4.69, 9.17) is 10.1 Å². The van der Waals surface area contributed by atoms with Crippen LogP contribution in [0.4, 0.5) is 17.1 Å². The molecule has 3 aromatic heterocycles. The van der Waals surface area contributed by atoms with E-state index >= 15 is 0 Å². The number of hydrogen-bond acceptors (Lipinski definition) is 3. The van der Waals surface area contributed by atoms with Gasteiger partial charge in [-0.15, -0.1) is 0 Å². The lowest BCUT2D eigenvalue weighted by Crippen LogP contribution is -2.30. The molecule has 9 aromatic rings. The van der Waals surface area contributed by atoms with Crippen LogP contribution in [0.5, 0.6) is 0 Å². The largest absolute Gasteiger partial charge is 0.310 e. The van der Waals surface area contributed by atoms with Gasteiger partial charge in [0.15, 0.2) is 0 Å². The smallest absolute Gasteiger partial charge is 0.137 e. The highest BCUT2D eigenvalue weighted by atomic mass is 15.3. The van der Waals surface area contributed by atoms with E-state index in [0.29, 0.717) is 0 Å². The van der Waals surface area contributed by atoms with Crippen molar-refractivity contribution in [3.05, 3.63) is 186 Å². The zero-order valence-corrected chi connectivity index (χ0v) is 35.8. The van der Waals surface area contributed by atoms with Gasteiger partial charge < -0.3 is 4.90 Å². The lowest BCUT2D eigenvalue weighted by molar-refractivity contribution is 0.561. The maximum Gasteiger partial charge on any atom is 0.137 e. The Kier molecular flexibility index (Phi) is 8.55. The van der Waals surface area contributed by atoms with Crippen LogP contribution in [0.25, 0.3) is 55.7 Å². The molecule has 0 N–H and O–H groups in total. The Hall–Kier alpha value is -6.72. The van der Waals surface area contributed by atoms with Crippen molar-refractivity contribution in [1.29, 1.82) is 0 Å². The van der Waals surface area contributed by atoms with Crippen LogP contribution in [0, 0.1) is 0 Å². The number of hydrogen-bond donors (Lipinski definition) is 0. The van der Waals surface area contributed by atoms with Crippen LogP contribution in [0.1, 0.15) is 77.8 Å². The fourth-order valence-corrected chi connectivity index (χ4v) is 9.34. The van der Waals surface area contributed by atoms with Gasteiger partial charge in [-0.05, 0) is 76.2 Å². The van der Waals surface area contributed by atoms with Crippen molar-refractivity contribution in [3.8, 4) is 33.9 Å². The molecule has 5 heteroatoms. The fraction of sp³-hybridized carbons (Fsp3) is 0.200. The van der Waals surface area contributed by atoms with Gasteiger partial charge in [-0.1, -0.05) is 165 Å². The van der Waals surface area contributed by atoms with Gasteiger partial charge in [-0.25, -0.2) is 9.67 Å². The minimum atomic E-state index is -0.255. The first-order valence-electron chi connectivity index (χ1n) is 21.1. The van der Waals surface area contributed by atoms with Crippen LogP contribution in [0.15, 0.2) is 164 Å². The van der Waals surface area contributed by atoms with E-state index in [9.17, 15) is 0 Å². The Morgan fingerprint density at radius 1 is 0.517 bits per heavy atom. The predicted molar refractivity (Wildman–Crippen MR) is 251 cm³/mol. The van der Waals surface area contributed by atoms with Crippen molar-refractivity contribution in [3.63, 3.8) is 0 Å². The first kappa shape index (κ1) is 37.5. The molecule has 0 radical (unpaired) electrons. The molecule has 0 fully saturated rings. The summed E-state index contributed by atoms with van der Waals surface area (Å²) in [6.07, 6.45) is 1.95. The Bertz CT molecular complexity index is 3080. The van der Waals surface area contributed by atoms with Crippen molar-refractivity contribution < 1.29 is 0 Å². The van der Waals surface area contributed by atoms with Gasteiger partial charge in [0.25, 0.3) is 0 Å². The summed E-state index contributed by atoms with van der Waals surface area (Å²) in [4.78, 5) is 7.46. The molecule has 0 atom stereocenters. The van der Waals surface area contributed by atoms with Gasteiger partial charge in [0, 0.05) is 44.6 Å². The molecule has 0 saturated heterocycles. The first-order chi connectivity index (χ1) is 28.8. The van der Waals surface area contributed by atoms with Gasteiger partial charge in [-0.3, -0.25) is 4.57 Å². The molecule has 1 aliphatic heterocycles. The Balaban J connectivity index is 1.24. The predicted octanol–water partition coefficient (Wildman–Crippen LogP) is 14.4. The fourth-order valence-electron chi connectivity index (χ4n) is 9.34. The maximum absolute atomic E-state index is 5.55. The number of nitrogens with zero attached hydrogens (tertiary/aromatic N) is 5. The molecule has 5 nitrogen and oxygen atoms in total. The van der Waals surface area contributed by atoms with Crippen molar-refractivity contribution in [1.82, 2.24) is 19.3 Å². The first-order valence-corrected chi connectivity index (χ1v) is 21.1. The standard InChI is InChI=1S/C55H51N5/c1-53(2,3)38-31-32-56-49(33-38)59-45-25-17-15-23-41(45)42-29-27-39(34-47(42)59)58-46-26-18-16-24-43(46)55(7,8)44-30-28-40(35-48(44)58)60-51(37-21-13-10-14-22-37)50(36-19-11-9-12-20-36)52(57-60)54(4,5)6/h9-35H,1-8H3. The molecule has 0 aliphatic carbocycles. The second-order valence-electron chi connectivity index (χ2n) is 18.9. The average Bonchev–Trinajstić information content (AvgIpc) is 3.82. The Labute approximate surface area is 353 Å². The minimum absolute atomic E-state index is 0.0161. The summed E-state index contributed by atoms with van der Waals surface area (Å²) >= 11 is 0. The summed E-state index contributed by atoms with van der Waals surface area (Å²) in [6, 6.07) is 57.4. The highest BCUT2D eigenvalue weighted by Crippen LogP contribution is 2.53. The zero-order chi connectivity index (χ0) is 41.6. The van der Waals surface area contributed by atoms with Gasteiger partial charge in [0.1, 0.15) is 5.82 Å². The molecule has 0 bridgehead atoms. The monoisotopic (exact) mass is 781 g/mol. The van der Waals surface area contributed by atoms with E-state index in [-0.39, 0.29) is 16.2 Å². The molecular weight excluding hydrogens is 731 g/mol. The second kappa shape index (κ2) is 13.7.